The molecule has 3 rings (SSSR count). The highest BCUT2D eigenvalue weighted by Gasteiger charge is 2.25. The summed E-state index contributed by atoms with van der Waals surface area (Å²) < 4.78 is 13.2. The van der Waals surface area contributed by atoms with E-state index in [1.807, 2.05) is 31.0 Å². The van der Waals surface area contributed by atoms with E-state index in [2.05, 4.69) is 46.5 Å². The van der Waals surface area contributed by atoms with Crippen LogP contribution in [-0.4, -0.2) is 53.5 Å². The fourth-order valence-corrected chi connectivity index (χ4v) is 3.20. The normalized spacial score (nSPS) is 17.1. The van der Waals surface area contributed by atoms with Crippen molar-refractivity contribution in [2.24, 2.45) is 12.0 Å². The Morgan fingerprint density at radius 3 is 2.69 bits per heavy atom. The lowest BCUT2D eigenvalue weighted by atomic mass is 10.1. The summed E-state index contributed by atoms with van der Waals surface area (Å²) in [4.78, 5) is 7.13. The second-order valence-corrected chi connectivity index (χ2v) is 6.88. The Hall–Kier alpha value is -1.65. The maximum absolute atomic E-state index is 5.95. The first-order valence-corrected chi connectivity index (χ1v) is 9.98. The molecule has 0 spiro atoms. The van der Waals surface area contributed by atoms with E-state index < -0.39 is 0 Å². The Balaban J connectivity index is 0.00000300. The molecule has 0 aliphatic carbocycles. The molecule has 0 radical (unpaired) electrons. The lowest BCUT2D eigenvalue weighted by Gasteiger charge is -2.34. The average molecular weight is 513 g/mol. The number of rotatable bonds is 7. The summed E-state index contributed by atoms with van der Waals surface area (Å²) in [6.07, 6.45) is 3.91. The molecule has 2 aromatic rings. The number of aliphatic imine (C=N–C) groups is 1. The molecule has 2 heterocycles. The number of aryl methyl sites for hydroxylation is 1. The number of aromatic nitrogens is 2. The summed E-state index contributed by atoms with van der Waals surface area (Å²) >= 11 is 0. The number of benzene rings is 1. The second kappa shape index (κ2) is 12.1. The minimum absolute atomic E-state index is 0. The smallest absolute Gasteiger partial charge is 0.194 e. The number of morpholine rings is 1. The van der Waals surface area contributed by atoms with Gasteiger partial charge in [-0.1, -0.05) is 24.3 Å². The molecule has 1 saturated heterocycles. The Morgan fingerprint density at radius 2 is 2.03 bits per heavy atom. The van der Waals surface area contributed by atoms with Crippen LogP contribution in [0.25, 0.3) is 0 Å². The minimum atomic E-state index is 0. The third-order valence-corrected chi connectivity index (χ3v) is 4.70. The number of hydrogen-bond donors (Lipinski definition) is 1. The van der Waals surface area contributed by atoms with Gasteiger partial charge in [0.15, 0.2) is 5.96 Å². The van der Waals surface area contributed by atoms with Crippen LogP contribution in [0.1, 0.15) is 36.6 Å². The van der Waals surface area contributed by atoms with Crippen molar-refractivity contribution in [1.29, 1.82) is 0 Å². The van der Waals surface area contributed by atoms with E-state index in [0.717, 1.165) is 37.8 Å². The second-order valence-electron chi connectivity index (χ2n) is 6.88. The molecule has 1 N–H and O–H groups in total. The van der Waals surface area contributed by atoms with E-state index in [4.69, 9.17) is 14.5 Å². The standard InChI is InChI=1S/C21H31N5O2.HI/c1-4-22-21(23-12-17-6-8-18(9-7-17)16-27-5-2)26-10-11-28-20(15-26)19-13-24-25(3)14-19;/h6-9,13-14,20H,4-5,10-12,15-16H2,1-3H3,(H,22,23);1H. The summed E-state index contributed by atoms with van der Waals surface area (Å²) in [6.45, 7) is 9.25. The minimum Gasteiger partial charge on any atom is -0.377 e. The van der Waals surface area contributed by atoms with Crippen molar-refractivity contribution in [3.63, 3.8) is 0 Å². The van der Waals surface area contributed by atoms with Crippen LogP contribution < -0.4 is 5.32 Å². The van der Waals surface area contributed by atoms with Gasteiger partial charge in [0.2, 0.25) is 0 Å². The van der Waals surface area contributed by atoms with Crippen molar-refractivity contribution in [2.45, 2.75) is 33.1 Å². The molecule has 1 atom stereocenters. The first-order valence-electron chi connectivity index (χ1n) is 9.98. The van der Waals surface area contributed by atoms with Gasteiger partial charge in [-0.2, -0.15) is 5.10 Å². The number of halogens is 1. The Morgan fingerprint density at radius 1 is 1.28 bits per heavy atom. The van der Waals surface area contributed by atoms with Gasteiger partial charge >= 0.3 is 0 Å². The summed E-state index contributed by atoms with van der Waals surface area (Å²) in [6, 6.07) is 8.47. The maximum Gasteiger partial charge on any atom is 0.194 e. The van der Waals surface area contributed by atoms with E-state index >= 15 is 0 Å². The van der Waals surface area contributed by atoms with Crippen LogP contribution in [0.3, 0.4) is 0 Å². The highest BCUT2D eigenvalue weighted by atomic mass is 127. The summed E-state index contributed by atoms with van der Waals surface area (Å²) in [5.74, 6) is 0.929. The van der Waals surface area contributed by atoms with Gasteiger partial charge in [-0.05, 0) is 25.0 Å². The van der Waals surface area contributed by atoms with Gasteiger partial charge in [-0.25, -0.2) is 4.99 Å². The van der Waals surface area contributed by atoms with Crippen molar-refractivity contribution in [3.8, 4) is 0 Å². The SMILES string of the molecule is CCNC(=NCc1ccc(COCC)cc1)N1CCOC(c2cnn(C)c2)C1.I. The van der Waals surface area contributed by atoms with E-state index in [0.29, 0.717) is 19.8 Å². The Kier molecular flexibility index (Phi) is 9.89. The first kappa shape index (κ1) is 23.6. The van der Waals surface area contributed by atoms with Crippen molar-refractivity contribution in [1.82, 2.24) is 20.0 Å². The fourth-order valence-electron chi connectivity index (χ4n) is 3.20. The number of guanidine groups is 1. The fraction of sp³-hybridized carbons (Fsp3) is 0.524. The molecule has 0 saturated carbocycles. The molecule has 1 aromatic heterocycles. The number of ether oxygens (including phenoxy) is 2. The van der Waals surface area contributed by atoms with E-state index in [9.17, 15) is 0 Å². The van der Waals surface area contributed by atoms with Gasteiger partial charge < -0.3 is 19.7 Å². The van der Waals surface area contributed by atoms with E-state index in [-0.39, 0.29) is 30.1 Å². The largest absolute Gasteiger partial charge is 0.377 e. The molecule has 29 heavy (non-hydrogen) atoms. The molecule has 160 valence electrons. The third kappa shape index (κ3) is 6.97. The van der Waals surface area contributed by atoms with Crippen molar-refractivity contribution in [3.05, 3.63) is 53.3 Å². The van der Waals surface area contributed by atoms with Gasteiger partial charge in [0, 0.05) is 38.5 Å². The molecule has 0 amide bonds. The van der Waals surface area contributed by atoms with Crippen LogP contribution in [0.2, 0.25) is 0 Å². The molecular weight excluding hydrogens is 481 g/mol. The van der Waals surface area contributed by atoms with Gasteiger partial charge in [0.25, 0.3) is 0 Å². The highest BCUT2D eigenvalue weighted by Crippen LogP contribution is 2.21. The van der Waals surface area contributed by atoms with Crippen LogP contribution in [0.15, 0.2) is 41.7 Å². The molecule has 1 unspecified atom stereocenters. The van der Waals surface area contributed by atoms with Crippen LogP contribution in [0, 0.1) is 0 Å². The van der Waals surface area contributed by atoms with Crippen LogP contribution in [-0.2, 0) is 29.7 Å². The monoisotopic (exact) mass is 513 g/mol. The molecule has 8 heteroatoms. The van der Waals surface area contributed by atoms with Gasteiger partial charge in [-0.3, -0.25) is 4.68 Å². The number of nitrogens with zero attached hydrogens (tertiary/aromatic N) is 4. The van der Waals surface area contributed by atoms with E-state index in [1.54, 1.807) is 0 Å². The predicted molar refractivity (Wildman–Crippen MR) is 125 cm³/mol. The van der Waals surface area contributed by atoms with Crippen LogP contribution >= 0.6 is 24.0 Å². The molecule has 7 nitrogen and oxygen atoms in total. The highest BCUT2D eigenvalue weighted by molar-refractivity contribution is 14.0. The lowest BCUT2D eigenvalue weighted by Crippen LogP contribution is -2.48. The van der Waals surface area contributed by atoms with E-state index in [1.165, 1.54) is 11.1 Å². The third-order valence-electron chi connectivity index (χ3n) is 4.70. The number of hydrogen-bond acceptors (Lipinski definition) is 4. The Bertz CT molecular complexity index is 763. The molecule has 1 aliphatic rings. The number of nitrogens with one attached hydrogen (secondary N) is 1. The van der Waals surface area contributed by atoms with Gasteiger partial charge in [0.05, 0.1) is 32.5 Å². The molecular formula is C21H32IN5O2. The van der Waals surface area contributed by atoms with Gasteiger partial charge in [-0.15, -0.1) is 24.0 Å². The molecule has 1 aromatic carbocycles. The van der Waals surface area contributed by atoms with Crippen molar-refractivity contribution >= 4 is 29.9 Å². The molecule has 1 aliphatic heterocycles. The van der Waals surface area contributed by atoms with Crippen molar-refractivity contribution in [2.75, 3.05) is 32.8 Å². The summed E-state index contributed by atoms with van der Waals surface area (Å²) in [5, 5.41) is 7.68. The maximum atomic E-state index is 5.95. The summed E-state index contributed by atoms with van der Waals surface area (Å²) in [7, 11) is 1.93. The van der Waals surface area contributed by atoms with Crippen molar-refractivity contribution < 1.29 is 9.47 Å². The Labute approximate surface area is 190 Å². The zero-order chi connectivity index (χ0) is 19.8. The molecule has 1 fully saturated rings. The topological polar surface area (TPSA) is 63.9 Å². The zero-order valence-corrected chi connectivity index (χ0v) is 19.8. The zero-order valence-electron chi connectivity index (χ0n) is 17.5. The van der Waals surface area contributed by atoms with Gasteiger partial charge in [0.1, 0.15) is 6.10 Å². The van der Waals surface area contributed by atoms with Crippen LogP contribution in [0.5, 0.6) is 0 Å². The molecule has 0 bridgehead atoms. The predicted octanol–water partition coefficient (Wildman–Crippen LogP) is 3.11. The summed E-state index contributed by atoms with van der Waals surface area (Å²) in [5.41, 5.74) is 3.48. The first-order chi connectivity index (χ1) is 13.7. The lowest BCUT2D eigenvalue weighted by molar-refractivity contribution is -0.00805. The van der Waals surface area contributed by atoms with Crippen LogP contribution in [0.4, 0.5) is 0 Å². The average Bonchev–Trinajstić information content (AvgIpc) is 3.17. The quantitative estimate of drug-likeness (QED) is 0.350.